The Hall–Kier alpha value is -0.530. The first-order valence-electron chi connectivity index (χ1n) is 5.18. The lowest BCUT2D eigenvalue weighted by atomic mass is 9.89. The number of hydrogen-bond acceptors (Lipinski definition) is 2. The van der Waals surface area contributed by atoms with Crippen molar-refractivity contribution >= 4 is 5.97 Å². The largest absolute Gasteiger partial charge is 0.469 e. The van der Waals surface area contributed by atoms with Gasteiger partial charge in [0.15, 0.2) is 0 Å². The minimum absolute atomic E-state index is 0.0872. The Morgan fingerprint density at radius 2 is 1.92 bits per heavy atom. The van der Waals surface area contributed by atoms with Crippen molar-refractivity contribution in [3.63, 3.8) is 0 Å². The molecule has 0 heterocycles. The number of methoxy groups -OCH3 is 1. The predicted molar refractivity (Wildman–Crippen MR) is 54.5 cm³/mol. The van der Waals surface area contributed by atoms with Crippen molar-refractivity contribution in [2.75, 3.05) is 7.11 Å². The van der Waals surface area contributed by atoms with E-state index in [1.54, 1.807) is 0 Å². The summed E-state index contributed by atoms with van der Waals surface area (Å²) in [5, 5.41) is 0. The number of ether oxygens (including phenoxy) is 1. The van der Waals surface area contributed by atoms with Crippen LogP contribution in [0.5, 0.6) is 0 Å². The molecular formula is C11H22O2. The van der Waals surface area contributed by atoms with E-state index >= 15 is 0 Å². The summed E-state index contributed by atoms with van der Waals surface area (Å²) in [5.74, 6) is 0.980. The SMILES string of the molecule is CCCCC(C)C(C)CC(=O)OC. The summed E-state index contributed by atoms with van der Waals surface area (Å²) < 4.78 is 4.64. The molecule has 0 aliphatic rings. The van der Waals surface area contributed by atoms with Gasteiger partial charge < -0.3 is 4.74 Å². The molecule has 0 amide bonds. The van der Waals surface area contributed by atoms with Crippen molar-refractivity contribution in [1.29, 1.82) is 0 Å². The zero-order chi connectivity index (χ0) is 10.3. The molecule has 0 N–H and O–H groups in total. The first kappa shape index (κ1) is 12.5. The molecule has 2 nitrogen and oxygen atoms in total. The molecule has 0 bridgehead atoms. The smallest absolute Gasteiger partial charge is 0.305 e. The first-order chi connectivity index (χ1) is 6.11. The van der Waals surface area contributed by atoms with Crippen LogP contribution in [0.15, 0.2) is 0 Å². The van der Waals surface area contributed by atoms with Gasteiger partial charge in [-0.3, -0.25) is 4.79 Å². The molecule has 0 radical (unpaired) electrons. The molecule has 0 aromatic rings. The van der Waals surface area contributed by atoms with E-state index in [0.717, 1.165) is 0 Å². The van der Waals surface area contributed by atoms with Crippen LogP contribution in [0.4, 0.5) is 0 Å². The zero-order valence-corrected chi connectivity index (χ0v) is 9.30. The van der Waals surface area contributed by atoms with Crippen LogP contribution in [-0.2, 0) is 9.53 Å². The van der Waals surface area contributed by atoms with E-state index in [2.05, 4.69) is 25.5 Å². The number of rotatable bonds is 6. The lowest BCUT2D eigenvalue weighted by Crippen LogP contribution is -2.14. The van der Waals surface area contributed by atoms with Crippen LogP contribution in [0, 0.1) is 11.8 Å². The van der Waals surface area contributed by atoms with Crippen molar-refractivity contribution in [2.24, 2.45) is 11.8 Å². The molecule has 2 unspecified atom stereocenters. The van der Waals surface area contributed by atoms with E-state index < -0.39 is 0 Å². The standard InChI is InChI=1S/C11H22O2/c1-5-6-7-9(2)10(3)8-11(12)13-4/h9-10H,5-8H2,1-4H3. The molecule has 0 aromatic carbocycles. The maximum atomic E-state index is 11.0. The molecule has 0 aliphatic heterocycles. The molecule has 13 heavy (non-hydrogen) atoms. The van der Waals surface area contributed by atoms with Crippen molar-refractivity contribution in [3.8, 4) is 0 Å². The fourth-order valence-electron chi connectivity index (χ4n) is 1.36. The van der Waals surface area contributed by atoms with E-state index in [0.29, 0.717) is 18.3 Å². The van der Waals surface area contributed by atoms with E-state index in [-0.39, 0.29) is 5.97 Å². The molecule has 0 fully saturated rings. The Balaban J connectivity index is 3.68. The molecular weight excluding hydrogens is 164 g/mol. The van der Waals surface area contributed by atoms with Crippen molar-refractivity contribution in [2.45, 2.75) is 46.5 Å². The molecule has 0 spiro atoms. The monoisotopic (exact) mass is 186 g/mol. The Labute approximate surface area is 81.7 Å². The second-order valence-electron chi connectivity index (χ2n) is 3.88. The highest BCUT2D eigenvalue weighted by molar-refractivity contribution is 5.69. The predicted octanol–water partition coefficient (Wildman–Crippen LogP) is 3.01. The van der Waals surface area contributed by atoms with Crippen molar-refractivity contribution in [3.05, 3.63) is 0 Å². The highest BCUT2D eigenvalue weighted by Crippen LogP contribution is 2.20. The lowest BCUT2D eigenvalue weighted by Gasteiger charge is -2.18. The van der Waals surface area contributed by atoms with Crippen molar-refractivity contribution in [1.82, 2.24) is 0 Å². The van der Waals surface area contributed by atoms with Gasteiger partial charge in [0.25, 0.3) is 0 Å². The van der Waals surface area contributed by atoms with Crippen LogP contribution >= 0.6 is 0 Å². The number of esters is 1. The molecule has 0 aliphatic carbocycles. The third-order valence-electron chi connectivity index (χ3n) is 2.70. The third kappa shape index (κ3) is 5.67. The Kier molecular flexibility index (Phi) is 6.65. The second kappa shape index (κ2) is 6.93. The van der Waals surface area contributed by atoms with Gasteiger partial charge in [0.05, 0.1) is 7.11 Å². The maximum Gasteiger partial charge on any atom is 0.305 e. The van der Waals surface area contributed by atoms with Crippen LogP contribution in [0.3, 0.4) is 0 Å². The summed E-state index contributed by atoms with van der Waals surface area (Å²) in [6, 6.07) is 0. The quantitative estimate of drug-likeness (QED) is 0.596. The summed E-state index contributed by atoms with van der Waals surface area (Å²) in [6.07, 6.45) is 4.26. The maximum absolute atomic E-state index is 11.0. The summed E-state index contributed by atoms with van der Waals surface area (Å²) in [7, 11) is 1.45. The van der Waals surface area contributed by atoms with Crippen LogP contribution in [0.1, 0.15) is 46.5 Å². The number of hydrogen-bond donors (Lipinski definition) is 0. The summed E-state index contributed by atoms with van der Waals surface area (Å²) in [4.78, 5) is 11.0. The highest BCUT2D eigenvalue weighted by Gasteiger charge is 2.15. The van der Waals surface area contributed by atoms with Gasteiger partial charge in [0.2, 0.25) is 0 Å². The highest BCUT2D eigenvalue weighted by atomic mass is 16.5. The van der Waals surface area contributed by atoms with E-state index in [1.807, 2.05) is 0 Å². The first-order valence-corrected chi connectivity index (χ1v) is 5.18. The topological polar surface area (TPSA) is 26.3 Å². The average Bonchev–Trinajstić information content (AvgIpc) is 2.13. The fourth-order valence-corrected chi connectivity index (χ4v) is 1.36. The summed E-state index contributed by atoms with van der Waals surface area (Å²) >= 11 is 0. The third-order valence-corrected chi connectivity index (χ3v) is 2.70. The summed E-state index contributed by atoms with van der Waals surface area (Å²) in [5.41, 5.74) is 0. The minimum Gasteiger partial charge on any atom is -0.469 e. The van der Waals surface area contributed by atoms with Gasteiger partial charge in [-0.05, 0) is 11.8 Å². The average molecular weight is 186 g/mol. The molecule has 0 saturated carbocycles. The Morgan fingerprint density at radius 1 is 1.31 bits per heavy atom. The zero-order valence-electron chi connectivity index (χ0n) is 9.30. The van der Waals surface area contributed by atoms with E-state index in [4.69, 9.17) is 0 Å². The van der Waals surface area contributed by atoms with Crippen LogP contribution in [0.2, 0.25) is 0 Å². The van der Waals surface area contributed by atoms with Crippen LogP contribution < -0.4 is 0 Å². The molecule has 0 aromatic heterocycles. The van der Waals surface area contributed by atoms with Crippen LogP contribution in [0.25, 0.3) is 0 Å². The van der Waals surface area contributed by atoms with Gasteiger partial charge in [-0.2, -0.15) is 0 Å². The lowest BCUT2D eigenvalue weighted by molar-refractivity contribution is -0.142. The van der Waals surface area contributed by atoms with Gasteiger partial charge in [0, 0.05) is 6.42 Å². The number of unbranched alkanes of at least 4 members (excludes halogenated alkanes) is 1. The number of carbonyl (C=O) groups is 1. The molecule has 0 rings (SSSR count). The molecule has 2 atom stereocenters. The van der Waals surface area contributed by atoms with Gasteiger partial charge in [0.1, 0.15) is 0 Å². The van der Waals surface area contributed by atoms with E-state index in [9.17, 15) is 4.79 Å². The van der Waals surface area contributed by atoms with E-state index in [1.165, 1.54) is 26.4 Å². The fraction of sp³-hybridized carbons (Fsp3) is 0.909. The van der Waals surface area contributed by atoms with Gasteiger partial charge in [-0.15, -0.1) is 0 Å². The van der Waals surface area contributed by atoms with Crippen LogP contribution in [-0.4, -0.2) is 13.1 Å². The number of carbonyl (C=O) groups excluding carboxylic acids is 1. The van der Waals surface area contributed by atoms with Crippen molar-refractivity contribution < 1.29 is 9.53 Å². The molecule has 2 heteroatoms. The molecule has 0 saturated heterocycles. The van der Waals surface area contributed by atoms with Gasteiger partial charge in [-0.25, -0.2) is 0 Å². The normalized spacial score (nSPS) is 15.1. The van der Waals surface area contributed by atoms with Gasteiger partial charge >= 0.3 is 5.97 Å². The second-order valence-corrected chi connectivity index (χ2v) is 3.88. The summed E-state index contributed by atoms with van der Waals surface area (Å²) in [6.45, 7) is 6.53. The Morgan fingerprint density at radius 3 is 2.38 bits per heavy atom. The molecule has 78 valence electrons. The Bertz CT molecular complexity index is 143. The minimum atomic E-state index is -0.0872. The van der Waals surface area contributed by atoms with Gasteiger partial charge in [-0.1, -0.05) is 40.0 Å².